The lowest BCUT2D eigenvalue weighted by Gasteiger charge is -2.28. The van der Waals surface area contributed by atoms with Gasteiger partial charge < -0.3 is 37.0 Å². The lowest BCUT2D eigenvalue weighted by Crippen LogP contribution is -2.59. The predicted octanol–water partition coefficient (Wildman–Crippen LogP) is -1.49. The van der Waals surface area contributed by atoms with Crippen LogP contribution in [0.2, 0.25) is 0 Å². The van der Waals surface area contributed by atoms with Crippen molar-refractivity contribution in [2.75, 3.05) is 12.0 Å². The van der Waals surface area contributed by atoms with E-state index in [4.69, 9.17) is 15.9 Å². The van der Waals surface area contributed by atoms with Crippen molar-refractivity contribution in [3.05, 3.63) is 0 Å². The highest BCUT2D eigenvalue weighted by Crippen LogP contribution is 2.11. The number of hydrogen-bond acceptors (Lipinski definition) is 8. The summed E-state index contributed by atoms with van der Waals surface area (Å²) in [4.78, 5) is 59.9. The first-order chi connectivity index (χ1) is 14.8. The molecule has 13 heteroatoms. The highest BCUT2D eigenvalue weighted by atomic mass is 32.2. The molecule has 0 aliphatic heterocycles. The molecule has 0 aromatic rings. The van der Waals surface area contributed by atoms with Crippen LogP contribution in [-0.2, 0) is 24.0 Å². The first-order valence-electron chi connectivity index (χ1n) is 10.1. The van der Waals surface area contributed by atoms with E-state index < -0.39 is 72.3 Å². The fraction of sp³-hybridized carbons (Fsp3) is 0.737. The maximum atomic E-state index is 12.9. The summed E-state index contributed by atoms with van der Waals surface area (Å²) in [6, 6.07) is -5.13. The summed E-state index contributed by atoms with van der Waals surface area (Å²) in [6.45, 7) is 4.76. The minimum absolute atomic E-state index is 0.219. The van der Waals surface area contributed by atoms with Gasteiger partial charge in [-0.3, -0.25) is 19.2 Å². The maximum absolute atomic E-state index is 12.9. The molecule has 6 unspecified atom stereocenters. The van der Waals surface area contributed by atoms with Crippen LogP contribution in [0.1, 0.15) is 40.0 Å². The molecule has 0 radical (unpaired) electrons. The third-order valence-electron chi connectivity index (χ3n) is 4.85. The first-order valence-corrected chi connectivity index (χ1v) is 11.5. The van der Waals surface area contributed by atoms with Gasteiger partial charge in [0.25, 0.3) is 0 Å². The SMILES string of the molecule is CCC(C)C(NC(=O)C(CCSC)NC(=O)C(N)C(C)O)C(=O)NC(CC(=O)O)C(=O)O. The molecule has 6 atom stereocenters. The number of aliphatic hydroxyl groups is 1. The Morgan fingerprint density at radius 3 is 1.94 bits per heavy atom. The van der Waals surface area contributed by atoms with Crippen molar-refractivity contribution in [1.29, 1.82) is 0 Å². The second-order valence-electron chi connectivity index (χ2n) is 7.48. The average Bonchev–Trinajstić information content (AvgIpc) is 2.72. The lowest BCUT2D eigenvalue weighted by molar-refractivity contribution is -0.147. The molecule has 0 heterocycles. The number of carboxylic acid groups (broad SMARTS) is 2. The van der Waals surface area contributed by atoms with Gasteiger partial charge in [0.15, 0.2) is 0 Å². The van der Waals surface area contributed by atoms with Crippen molar-refractivity contribution in [3.8, 4) is 0 Å². The van der Waals surface area contributed by atoms with Crippen LogP contribution >= 0.6 is 11.8 Å². The van der Waals surface area contributed by atoms with E-state index in [0.717, 1.165) is 0 Å². The van der Waals surface area contributed by atoms with Crippen molar-refractivity contribution in [2.24, 2.45) is 11.7 Å². The predicted molar refractivity (Wildman–Crippen MR) is 118 cm³/mol. The van der Waals surface area contributed by atoms with Crippen molar-refractivity contribution in [2.45, 2.75) is 70.3 Å². The standard InChI is InChI=1S/C19H34N4O8S/c1-5-9(2)15(18(29)22-12(19(30)31)8-13(25)26)23-16(27)11(6-7-32-4)21-17(28)14(20)10(3)24/h9-12,14-15,24H,5-8,20H2,1-4H3,(H,21,28)(H,22,29)(H,23,27)(H,25,26)(H,30,31). The van der Waals surface area contributed by atoms with Crippen LogP contribution in [0.5, 0.6) is 0 Å². The van der Waals surface area contributed by atoms with Gasteiger partial charge in [-0.15, -0.1) is 0 Å². The van der Waals surface area contributed by atoms with E-state index in [1.165, 1.54) is 18.7 Å². The third kappa shape index (κ3) is 10.3. The Balaban J connectivity index is 5.54. The molecule has 0 aliphatic rings. The second kappa shape index (κ2) is 14.6. The number of rotatable bonds is 15. The molecule has 3 amide bonds. The average molecular weight is 479 g/mol. The van der Waals surface area contributed by atoms with E-state index in [-0.39, 0.29) is 6.42 Å². The van der Waals surface area contributed by atoms with Crippen LogP contribution in [0.3, 0.4) is 0 Å². The summed E-state index contributed by atoms with van der Waals surface area (Å²) in [5.41, 5.74) is 5.61. The Bertz CT molecular complexity index is 676. The van der Waals surface area contributed by atoms with Gasteiger partial charge in [0.05, 0.1) is 12.5 Å². The zero-order valence-corrected chi connectivity index (χ0v) is 19.5. The Morgan fingerprint density at radius 1 is 0.938 bits per heavy atom. The molecular weight excluding hydrogens is 444 g/mol. The maximum Gasteiger partial charge on any atom is 0.326 e. The summed E-state index contributed by atoms with van der Waals surface area (Å²) in [5, 5.41) is 34.7. The molecule has 0 bridgehead atoms. The zero-order valence-electron chi connectivity index (χ0n) is 18.7. The number of carbonyl (C=O) groups is 5. The van der Waals surface area contributed by atoms with Gasteiger partial charge in [0.2, 0.25) is 17.7 Å². The molecule has 0 aliphatic carbocycles. The van der Waals surface area contributed by atoms with E-state index >= 15 is 0 Å². The molecule has 0 aromatic heterocycles. The van der Waals surface area contributed by atoms with Crippen LogP contribution in [0, 0.1) is 5.92 Å². The molecule has 0 aromatic carbocycles. The van der Waals surface area contributed by atoms with E-state index in [1.807, 2.05) is 6.26 Å². The minimum Gasteiger partial charge on any atom is -0.481 e. The van der Waals surface area contributed by atoms with Crippen LogP contribution in [0.4, 0.5) is 0 Å². The highest BCUT2D eigenvalue weighted by molar-refractivity contribution is 7.98. The molecule has 0 rings (SSSR count). The fourth-order valence-corrected chi connectivity index (χ4v) is 3.05. The van der Waals surface area contributed by atoms with Gasteiger partial charge in [-0.25, -0.2) is 4.79 Å². The van der Waals surface area contributed by atoms with Crippen molar-refractivity contribution < 1.29 is 39.3 Å². The topological polar surface area (TPSA) is 208 Å². The Hall–Kier alpha value is -2.38. The molecule has 0 saturated heterocycles. The number of carbonyl (C=O) groups excluding carboxylic acids is 3. The molecule has 0 fully saturated rings. The lowest BCUT2D eigenvalue weighted by atomic mass is 9.97. The van der Waals surface area contributed by atoms with Crippen molar-refractivity contribution in [1.82, 2.24) is 16.0 Å². The van der Waals surface area contributed by atoms with E-state index in [1.54, 1.807) is 13.8 Å². The van der Waals surface area contributed by atoms with Crippen LogP contribution in [-0.4, -0.2) is 87.3 Å². The number of nitrogens with two attached hydrogens (primary N) is 1. The van der Waals surface area contributed by atoms with Crippen molar-refractivity contribution in [3.63, 3.8) is 0 Å². The number of aliphatic carboxylic acids is 2. The van der Waals surface area contributed by atoms with Gasteiger partial charge in [0, 0.05) is 0 Å². The largest absolute Gasteiger partial charge is 0.481 e. The first kappa shape index (κ1) is 29.6. The smallest absolute Gasteiger partial charge is 0.326 e. The Labute approximate surface area is 191 Å². The quantitative estimate of drug-likeness (QED) is 0.145. The molecule has 12 nitrogen and oxygen atoms in total. The summed E-state index contributed by atoms with van der Waals surface area (Å²) in [5.74, 6) is -5.12. The second-order valence-corrected chi connectivity index (χ2v) is 8.46. The monoisotopic (exact) mass is 478 g/mol. The number of amides is 3. The van der Waals surface area contributed by atoms with E-state index in [2.05, 4.69) is 16.0 Å². The van der Waals surface area contributed by atoms with Crippen LogP contribution in [0.25, 0.3) is 0 Å². The molecule has 0 spiro atoms. The number of aliphatic hydroxyl groups excluding tert-OH is 1. The Morgan fingerprint density at radius 2 is 1.50 bits per heavy atom. The van der Waals surface area contributed by atoms with Gasteiger partial charge in [-0.1, -0.05) is 20.3 Å². The normalized spacial score (nSPS) is 16.6. The number of nitrogens with one attached hydrogen (secondary N) is 3. The molecule has 32 heavy (non-hydrogen) atoms. The van der Waals surface area contributed by atoms with Crippen LogP contribution < -0.4 is 21.7 Å². The summed E-state index contributed by atoms with van der Waals surface area (Å²) in [7, 11) is 0. The summed E-state index contributed by atoms with van der Waals surface area (Å²) < 4.78 is 0. The molecule has 8 N–H and O–H groups in total. The number of thioether (sulfide) groups is 1. The minimum atomic E-state index is -1.67. The fourth-order valence-electron chi connectivity index (χ4n) is 2.58. The van der Waals surface area contributed by atoms with E-state index in [0.29, 0.717) is 12.2 Å². The van der Waals surface area contributed by atoms with Gasteiger partial charge in [0.1, 0.15) is 24.2 Å². The van der Waals surface area contributed by atoms with Gasteiger partial charge >= 0.3 is 11.9 Å². The van der Waals surface area contributed by atoms with Crippen LogP contribution in [0.15, 0.2) is 0 Å². The molecule has 0 saturated carbocycles. The third-order valence-corrected chi connectivity index (χ3v) is 5.50. The van der Waals surface area contributed by atoms with Crippen molar-refractivity contribution >= 4 is 41.4 Å². The zero-order chi connectivity index (χ0) is 25.0. The van der Waals surface area contributed by atoms with Gasteiger partial charge in [-0.2, -0.15) is 11.8 Å². The summed E-state index contributed by atoms with van der Waals surface area (Å²) >= 11 is 1.43. The highest BCUT2D eigenvalue weighted by Gasteiger charge is 2.33. The number of hydrogen-bond donors (Lipinski definition) is 7. The molecule has 184 valence electrons. The van der Waals surface area contributed by atoms with E-state index in [9.17, 15) is 29.1 Å². The summed E-state index contributed by atoms with van der Waals surface area (Å²) in [6.07, 6.45) is 0.509. The number of carboxylic acids is 2. The molecular formula is C19H34N4O8S. The Kier molecular flexibility index (Phi) is 13.5. The van der Waals surface area contributed by atoms with Gasteiger partial charge in [-0.05, 0) is 31.3 Å².